The lowest BCUT2D eigenvalue weighted by Crippen LogP contribution is -2.12. The van der Waals surface area contributed by atoms with Gasteiger partial charge >= 0.3 is 0 Å². The smallest absolute Gasteiger partial charge is 0.267 e. The molecule has 0 saturated heterocycles. The van der Waals surface area contributed by atoms with E-state index in [1.54, 1.807) is 53.8 Å². The summed E-state index contributed by atoms with van der Waals surface area (Å²) in [7, 11) is 0. The van der Waals surface area contributed by atoms with Crippen molar-refractivity contribution in [2.45, 2.75) is 0 Å². The highest BCUT2D eigenvalue weighted by Gasteiger charge is 2.22. The number of nitrogens with zero attached hydrogens (tertiary/aromatic N) is 1. The molecule has 0 fully saturated rings. The standard InChI is InChI=1S/C37H24FN3O2S2/c38-25-14-10-23(11-15-25)30-21-31(29-9-3-6-22-5-1-2-8-28(22)29)41-37-33(30)34(39)35(45-37)36(43)40-26-16-12-24(13-17-26)32(42)19-18-27-7-4-20-44-27/h1-21H,39H2,(H,40,43)/b19-18+. The number of nitrogens with one attached hydrogen (secondary N) is 1. The van der Waals surface area contributed by atoms with E-state index in [9.17, 15) is 14.0 Å². The van der Waals surface area contributed by atoms with Crippen molar-refractivity contribution in [1.29, 1.82) is 0 Å². The Balaban J connectivity index is 1.24. The van der Waals surface area contributed by atoms with Gasteiger partial charge in [-0.3, -0.25) is 9.59 Å². The molecular formula is C37H24FN3O2S2. The number of rotatable bonds is 7. The van der Waals surface area contributed by atoms with Crippen molar-refractivity contribution >= 4 is 72.8 Å². The number of anilines is 2. The Labute approximate surface area is 266 Å². The second-order valence-electron chi connectivity index (χ2n) is 10.4. The molecule has 45 heavy (non-hydrogen) atoms. The van der Waals surface area contributed by atoms with E-state index in [0.29, 0.717) is 32.0 Å². The average Bonchev–Trinajstić information content (AvgIpc) is 3.71. The zero-order valence-electron chi connectivity index (χ0n) is 23.7. The first-order valence-electron chi connectivity index (χ1n) is 14.1. The fraction of sp³-hybridized carbons (Fsp3) is 0. The zero-order chi connectivity index (χ0) is 30.9. The second kappa shape index (κ2) is 11.9. The Morgan fingerprint density at radius 3 is 2.40 bits per heavy atom. The van der Waals surface area contributed by atoms with Crippen molar-refractivity contribution in [3.8, 4) is 22.4 Å². The van der Waals surface area contributed by atoms with E-state index in [-0.39, 0.29) is 17.5 Å². The molecule has 0 spiro atoms. The third-order valence-electron chi connectivity index (χ3n) is 7.50. The summed E-state index contributed by atoms with van der Waals surface area (Å²) in [6.07, 6.45) is 3.32. The first-order valence-corrected chi connectivity index (χ1v) is 15.8. The summed E-state index contributed by atoms with van der Waals surface area (Å²) in [6, 6.07) is 32.9. The van der Waals surface area contributed by atoms with Crippen molar-refractivity contribution in [3.05, 3.63) is 142 Å². The van der Waals surface area contributed by atoms with Gasteiger partial charge in [0.05, 0.1) is 11.4 Å². The number of pyridine rings is 1. The molecule has 5 nitrogen and oxygen atoms in total. The van der Waals surface area contributed by atoms with E-state index in [2.05, 4.69) is 11.4 Å². The minimum absolute atomic E-state index is 0.128. The summed E-state index contributed by atoms with van der Waals surface area (Å²) < 4.78 is 13.9. The van der Waals surface area contributed by atoms with Crippen molar-refractivity contribution in [2.24, 2.45) is 0 Å². The maximum Gasteiger partial charge on any atom is 0.267 e. The molecule has 0 bridgehead atoms. The number of amides is 1. The minimum Gasteiger partial charge on any atom is -0.397 e. The van der Waals surface area contributed by atoms with Crippen LogP contribution in [0.15, 0.2) is 121 Å². The van der Waals surface area contributed by atoms with Crippen LogP contribution in [0.4, 0.5) is 15.8 Å². The average molecular weight is 626 g/mol. The van der Waals surface area contributed by atoms with E-state index in [1.165, 1.54) is 29.5 Å². The first-order chi connectivity index (χ1) is 21.9. The molecule has 0 aliphatic heterocycles. The number of halogens is 1. The fourth-order valence-electron chi connectivity index (χ4n) is 5.28. The third-order valence-corrected chi connectivity index (χ3v) is 9.43. The molecule has 0 aliphatic carbocycles. The summed E-state index contributed by atoms with van der Waals surface area (Å²) in [6.45, 7) is 0. The summed E-state index contributed by atoms with van der Waals surface area (Å²) in [5.41, 5.74) is 11.2. The van der Waals surface area contributed by atoms with E-state index >= 15 is 0 Å². The van der Waals surface area contributed by atoms with Crippen LogP contribution in [0.2, 0.25) is 0 Å². The second-order valence-corrected chi connectivity index (χ2v) is 12.3. The highest BCUT2D eigenvalue weighted by atomic mass is 32.1. The van der Waals surface area contributed by atoms with E-state index in [0.717, 1.165) is 38.0 Å². The normalized spacial score (nSPS) is 11.4. The number of carbonyl (C=O) groups is 2. The molecule has 0 aliphatic rings. The Morgan fingerprint density at radius 2 is 1.62 bits per heavy atom. The summed E-state index contributed by atoms with van der Waals surface area (Å²) in [5, 5.41) is 7.62. The highest BCUT2D eigenvalue weighted by molar-refractivity contribution is 7.21. The Morgan fingerprint density at radius 1 is 0.844 bits per heavy atom. The number of fused-ring (bicyclic) bond motifs is 2. The SMILES string of the molecule is Nc1c(C(=O)Nc2ccc(C(=O)/C=C/c3cccs3)cc2)sc2nc(-c3cccc4ccccc34)cc(-c3ccc(F)cc3)c12. The van der Waals surface area contributed by atoms with Gasteiger partial charge in [0.25, 0.3) is 5.91 Å². The summed E-state index contributed by atoms with van der Waals surface area (Å²) >= 11 is 2.76. The number of allylic oxidation sites excluding steroid dienone is 1. The van der Waals surface area contributed by atoms with E-state index in [4.69, 9.17) is 10.7 Å². The first kappa shape index (κ1) is 28.3. The molecule has 0 unspecified atom stereocenters. The molecule has 218 valence electrons. The van der Waals surface area contributed by atoms with Crippen LogP contribution in [0.1, 0.15) is 24.9 Å². The van der Waals surface area contributed by atoms with Crippen molar-refractivity contribution in [3.63, 3.8) is 0 Å². The van der Waals surface area contributed by atoms with Crippen molar-refractivity contribution in [2.75, 3.05) is 11.1 Å². The number of ketones is 1. The lowest BCUT2D eigenvalue weighted by Gasteiger charge is -2.11. The third kappa shape index (κ3) is 5.64. The van der Waals surface area contributed by atoms with Gasteiger partial charge in [-0.25, -0.2) is 9.37 Å². The van der Waals surface area contributed by atoms with Crippen LogP contribution in [-0.4, -0.2) is 16.7 Å². The molecule has 3 heterocycles. The molecule has 7 rings (SSSR count). The van der Waals surface area contributed by atoms with Crippen LogP contribution in [-0.2, 0) is 0 Å². The maximum absolute atomic E-state index is 13.9. The van der Waals surface area contributed by atoms with Gasteiger partial charge in [0.15, 0.2) is 5.78 Å². The Bertz CT molecular complexity index is 2230. The van der Waals surface area contributed by atoms with Gasteiger partial charge in [-0.05, 0) is 88.0 Å². The quantitative estimate of drug-likeness (QED) is 0.136. The van der Waals surface area contributed by atoms with Gasteiger partial charge in [0, 0.05) is 27.1 Å². The molecule has 0 saturated carbocycles. The highest BCUT2D eigenvalue weighted by Crippen LogP contribution is 2.42. The van der Waals surface area contributed by atoms with E-state index in [1.807, 2.05) is 60.0 Å². The van der Waals surface area contributed by atoms with Crippen LogP contribution in [0.5, 0.6) is 0 Å². The maximum atomic E-state index is 13.9. The number of hydrogen-bond donors (Lipinski definition) is 2. The summed E-state index contributed by atoms with van der Waals surface area (Å²) in [4.78, 5) is 33.0. The number of carbonyl (C=O) groups excluding carboxylic acids is 2. The summed E-state index contributed by atoms with van der Waals surface area (Å²) in [5.74, 6) is -0.858. The number of benzene rings is 4. The molecule has 3 aromatic heterocycles. The van der Waals surface area contributed by atoms with Crippen LogP contribution in [0, 0.1) is 5.82 Å². The molecule has 7 aromatic rings. The zero-order valence-corrected chi connectivity index (χ0v) is 25.3. The van der Waals surface area contributed by atoms with Gasteiger partial charge < -0.3 is 11.1 Å². The molecule has 0 radical (unpaired) electrons. The number of aromatic nitrogens is 1. The number of nitrogens with two attached hydrogens (primary N) is 1. The van der Waals surface area contributed by atoms with Crippen LogP contribution in [0.25, 0.3) is 49.4 Å². The molecule has 1 amide bonds. The monoisotopic (exact) mass is 625 g/mol. The largest absolute Gasteiger partial charge is 0.397 e. The predicted octanol–water partition coefficient (Wildman–Crippen LogP) is 9.71. The number of thiophene rings is 2. The molecule has 3 N–H and O–H groups in total. The topological polar surface area (TPSA) is 85.1 Å². The lowest BCUT2D eigenvalue weighted by atomic mass is 9.97. The molecule has 8 heteroatoms. The van der Waals surface area contributed by atoms with Crippen LogP contribution >= 0.6 is 22.7 Å². The Kier molecular flexibility index (Phi) is 7.51. The molecule has 4 aromatic carbocycles. The van der Waals surface area contributed by atoms with Gasteiger partial charge in [-0.1, -0.05) is 60.7 Å². The lowest BCUT2D eigenvalue weighted by molar-refractivity contribution is 0.102. The minimum atomic E-state index is -0.385. The van der Waals surface area contributed by atoms with Gasteiger partial charge in [-0.15, -0.1) is 22.7 Å². The molecular weight excluding hydrogens is 602 g/mol. The van der Waals surface area contributed by atoms with E-state index < -0.39 is 0 Å². The van der Waals surface area contributed by atoms with Gasteiger partial charge in [-0.2, -0.15) is 0 Å². The van der Waals surface area contributed by atoms with Crippen LogP contribution < -0.4 is 11.1 Å². The number of hydrogen-bond acceptors (Lipinski definition) is 6. The fourth-order valence-corrected chi connectivity index (χ4v) is 6.91. The van der Waals surface area contributed by atoms with Crippen molar-refractivity contribution in [1.82, 2.24) is 4.98 Å². The van der Waals surface area contributed by atoms with Crippen molar-refractivity contribution < 1.29 is 14.0 Å². The van der Waals surface area contributed by atoms with Gasteiger partial charge in [0.2, 0.25) is 0 Å². The van der Waals surface area contributed by atoms with Crippen LogP contribution in [0.3, 0.4) is 0 Å². The van der Waals surface area contributed by atoms with Gasteiger partial charge in [0.1, 0.15) is 15.5 Å². The Hall–Kier alpha value is -5.44. The number of nitrogen functional groups attached to an aromatic ring is 1. The molecule has 0 atom stereocenters. The predicted molar refractivity (Wildman–Crippen MR) is 184 cm³/mol.